The van der Waals surface area contributed by atoms with E-state index in [1.807, 2.05) is 13.0 Å². The lowest BCUT2D eigenvalue weighted by atomic mass is 10.1. The number of benzene rings is 2. The van der Waals surface area contributed by atoms with Crippen molar-refractivity contribution in [3.63, 3.8) is 0 Å². The Bertz CT molecular complexity index is 781. The van der Waals surface area contributed by atoms with Gasteiger partial charge < -0.3 is 15.2 Å². The van der Waals surface area contributed by atoms with Crippen molar-refractivity contribution >= 4 is 17.2 Å². The lowest BCUT2D eigenvalue weighted by Crippen LogP contribution is -2.27. The lowest BCUT2D eigenvalue weighted by Gasteiger charge is -2.09. The number of carbonyl (C=O) groups is 1. The fourth-order valence-electron chi connectivity index (χ4n) is 2.26. The Morgan fingerprint density at radius 1 is 1.12 bits per heavy atom. The first-order valence-corrected chi connectivity index (χ1v) is 7.89. The van der Waals surface area contributed by atoms with Crippen molar-refractivity contribution in [3.05, 3.63) is 70.9 Å². The second-order valence-electron chi connectivity index (χ2n) is 5.32. The highest BCUT2D eigenvalue weighted by Gasteiger charge is 2.19. The summed E-state index contributed by atoms with van der Waals surface area (Å²) in [6.07, 6.45) is 0. The van der Waals surface area contributed by atoms with Gasteiger partial charge in [0.05, 0.1) is 6.61 Å². The molecule has 0 saturated carbocycles. The van der Waals surface area contributed by atoms with Crippen LogP contribution in [0.25, 0.3) is 0 Å². The summed E-state index contributed by atoms with van der Waals surface area (Å²) in [4.78, 5) is 12.4. The predicted molar refractivity (Wildman–Crippen MR) is 95.9 cm³/mol. The Labute approximate surface area is 146 Å². The number of oxime groups is 1. The molecule has 0 heterocycles. The van der Waals surface area contributed by atoms with Crippen LogP contribution in [-0.2, 0) is 0 Å². The van der Waals surface area contributed by atoms with Gasteiger partial charge in [-0.1, -0.05) is 35.5 Å². The number of rotatable bonds is 7. The monoisotopic (exact) mass is 340 g/mol. The maximum atomic E-state index is 12.4. The minimum atomic E-state index is -0.386. The molecule has 0 fully saturated rings. The standard InChI is InChI=1S/C19H20N2O4/c1-3-25-17-11-9-16(10-12-17)19(22)14(2)21(24)13-18(20-23)15-7-5-4-6-8-15/h4-12,23H,3,13H2,1-2H3. The van der Waals surface area contributed by atoms with Crippen LogP contribution < -0.4 is 4.74 Å². The van der Waals surface area contributed by atoms with E-state index in [1.165, 1.54) is 6.92 Å². The molecule has 0 aliphatic heterocycles. The average molecular weight is 340 g/mol. The normalized spacial score (nSPS) is 12.5. The fraction of sp³-hybridized carbons (Fsp3) is 0.211. The Kier molecular flexibility index (Phi) is 6.28. The highest BCUT2D eigenvalue weighted by Crippen LogP contribution is 2.13. The number of ether oxygens (including phenoxy) is 1. The molecule has 0 unspecified atom stereocenters. The van der Waals surface area contributed by atoms with Gasteiger partial charge in [-0.15, -0.1) is 0 Å². The highest BCUT2D eigenvalue weighted by molar-refractivity contribution is 6.43. The zero-order valence-corrected chi connectivity index (χ0v) is 14.2. The van der Waals surface area contributed by atoms with Gasteiger partial charge in [0.25, 0.3) is 5.78 Å². The van der Waals surface area contributed by atoms with Crippen molar-refractivity contribution in [1.29, 1.82) is 0 Å². The summed E-state index contributed by atoms with van der Waals surface area (Å²) in [6, 6.07) is 15.4. The summed E-state index contributed by atoms with van der Waals surface area (Å²) in [5, 5.41) is 24.7. The number of hydroxylamine groups is 1. The van der Waals surface area contributed by atoms with Gasteiger partial charge in [-0.25, -0.2) is 0 Å². The molecule has 0 aliphatic carbocycles. The highest BCUT2D eigenvalue weighted by atomic mass is 16.5. The van der Waals surface area contributed by atoms with Crippen LogP contribution in [-0.4, -0.2) is 40.3 Å². The van der Waals surface area contributed by atoms with Crippen molar-refractivity contribution in [2.24, 2.45) is 5.16 Å². The van der Waals surface area contributed by atoms with Gasteiger partial charge in [-0.2, -0.15) is 4.74 Å². The molecule has 0 saturated heterocycles. The van der Waals surface area contributed by atoms with E-state index < -0.39 is 0 Å². The van der Waals surface area contributed by atoms with E-state index in [9.17, 15) is 10.0 Å². The predicted octanol–water partition coefficient (Wildman–Crippen LogP) is 3.12. The summed E-state index contributed by atoms with van der Waals surface area (Å²) in [7, 11) is 0. The van der Waals surface area contributed by atoms with Gasteiger partial charge in [0.15, 0.2) is 12.3 Å². The van der Waals surface area contributed by atoms with Crippen molar-refractivity contribution in [1.82, 2.24) is 0 Å². The Morgan fingerprint density at radius 3 is 2.32 bits per heavy atom. The number of hydrogen-bond acceptors (Lipinski definition) is 5. The lowest BCUT2D eigenvalue weighted by molar-refractivity contribution is -0.439. The van der Waals surface area contributed by atoms with Gasteiger partial charge in [-0.05, 0) is 31.2 Å². The van der Waals surface area contributed by atoms with E-state index in [2.05, 4.69) is 5.16 Å². The van der Waals surface area contributed by atoms with Crippen LogP contribution in [0.3, 0.4) is 0 Å². The molecule has 0 radical (unpaired) electrons. The zero-order chi connectivity index (χ0) is 18.2. The third-order valence-corrected chi connectivity index (χ3v) is 3.65. The number of hydrogen-bond donors (Lipinski definition) is 1. The third-order valence-electron chi connectivity index (χ3n) is 3.65. The minimum absolute atomic E-state index is 0.0150. The topological polar surface area (TPSA) is 85.0 Å². The van der Waals surface area contributed by atoms with Crippen molar-refractivity contribution in [2.75, 3.05) is 13.2 Å². The zero-order valence-electron chi connectivity index (χ0n) is 14.2. The Morgan fingerprint density at radius 2 is 1.76 bits per heavy atom. The van der Waals surface area contributed by atoms with Crippen LogP contribution in [0.1, 0.15) is 29.8 Å². The molecule has 6 nitrogen and oxygen atoms in total. The molecule has 0 spiro atoms. The van der Waals surface area contributed by atoms with E-state index in [4.69, 9.17) is 9.94 Å². The van der Waals surface area contributed by atoms with Crippen LogP contribution in [0.2, 0.25) is 0 Å². The van der Waals surface area contributed by atoms with E-state index >= 15 is 0 Å². The molecule has 2 aromatic rings. The van der Waals surface area contributed by atoms with Crippen molar-refractivity contribution in [2.45, 2.75) is 13.8 Å². The smallest absolute Gasteiger partial charge is 0.252 e. The molecule has 130 valence electrons. The van der Waals surface area contributed by atoms with E-state index in [0.29, 0.717) is 28.2 Å². The molecule has 0 amide bonds. The maximum Gasteiger partial charge on any atom is 0.252 e. The second-order valence-corrected chi connectivity index (χ2v) is 5.32. The van der Waals surface area contributed by atoms with Crippen LogP contribution in [0, 0.1) is 5.21 Å². The summed E-state index contributed by atoms with van der Waals surface area (Å²) in [6.45, 7) is 3.63. The van der Waals surface area contributed by atoms with E-state index in [0.717, 1.165) is 0 Å². The largest absolute Gasteiger partial charge is 0.623 e. The number of carbonyl (C=O) groups excluding carboxylic acids is 1. The summed E-state index contributed by atoms with van der Waals surface area (Å²) in [5.41, 5.74) is 1.21. The molecular weight excluding hydrogens is 320 g/mol. The van der Waals surface area contributed by atoms with Crippen LogP contribution in [0.15, 0.2) is 59.8 Å². The molecule has 0 aromatic heterocycles. The summed E-state index contributed by atoms with van der Waals surface area (Å²) >= 11 is 0. The first-order valence-electron chi connectivity index (χ1n) is 7.89. The van der Waals surface area contributed by atoms with E-state index in [-0.39, 0.29) is 23.8 Å². The molecule has 0 atom stereocenters. The fourth-order valence-corrected chi connectivity index (χ4v) is 2.26. The van der Waals surface area contributed by atoms with Gasteiger partial charge in [0.2, 0.25) is 5.71 Å². The number of Topliss-reactive ketones (excluding diaryl/α,β-unsaturated/α-hetero) is 1. The van der Waals surface area contributed by atoms with Crippen LogP contribution in [0.5, 0.6) is 5.75 Å². The molecule has 25 heavy (non-hydrogen) atoms. The number of ketones is 1. The van der Waals surface area contributed by atoms with Crippen LogP contribution >= 0.6 is 0 Å². The summed E-state index contributed by atoms with van der Waals surface area (Å²) in [5.74, 6) is 0.276. The molecule has 1 N–H and O–H groups in total. The second kappa shape index (κ2) is 8.63. The van der Waals surface area contributed by atoms with Crippen LogP contribution in [0.4, 0.5) is 0 Å². The van der Waals surface area contributed by atoms with Gasteiger partial charge >= 0.3 is 0 Å². The molecule has 0 aliphatic rings. The average Bonchev–Trinajstić information content (AvgIpc) is 2.66. The molecule has 0 bridgehead atoms. The quantitative estimate of drug-likeness (QED) is 0.210. The first kappa shape index (κ1) is 18.2. The van der Waals surface area contributed by atoms with Crippen molar-refractivity contribution in [3.8, 4) is 5.75 Å². The molecule has 2 aromatic carbocycles. The molecule has 6 heteroatoms. The van der Waals surface area contributed by atoms with Gasteiger partial charge in [-0.3, -0.25) is 4.79 Å². The van der Waals surface area contributed by atoms with Crippen molar-refractivity contribution < 1.29 is 19.5 Å². The van der Waals surface area contributed by atoms with E-state index in [1.54, 1.807) is 48.5 Å². The van der Waals surface area contributed by atoms with Gasteiger partial charge in [0.1, 0.15) is 5.75 Å². The molecular formula is C19H20N2O4. The Hall–Kier alpha value is -3.15. The first-order chi connectivity index (χ1) is 12.1. The maximum absolute atomic E-state index is 12.4. The SMILES string of the molecule is CCOc1ccc(C(=O)C(C)=[N+]([O-])CC(=NO)c2ccccc2)cc1. The Balaban J connectivity index is 2.18. The third kappa shape index (κ3) is 4.67. The summed E-state index contributed by atoms with van der Waals surface area (Å²) < 4.78 is 5.86. The molecule has 2 rings (SSSR count). The number of nitrogens with zero attached hydrogens (tertiary/aromatic N) is 2. The minimum Gasteiger partial charge on any atom is -0.623 e. The van der Waals surface area contributed by atoms with Gasteiger partial charge in [0, 0.05) is 18.1 Å².